The number of nitrogens with one attached hydrogen (secondary N) is 4. The Bertz CT molecular complexity index is 1310. The summed E-state index contributed by atoms with van der Waals surface area (Å²) in [6, 6.07) is 10.1. The second kappa shape index (κ2) is 22.5. The number of phenols is 2. The number of hydrogen-bond acceptors (Lipinski definition) is 6. The highest BCUT2D eigenvalue weighted by molar-refractivity contribution is 5.99. The summed E-state index contributed by atoms with van der Waals surface area (Å²) in [5.74, 6) is -2.70. The SMILES string of the molecule is CCCCCCc1cccc(C(=O)NNC(=O)C(CC)CCCC(CCC)C(=O)NNC(=O)c2cccc(CCCCCC)c2O)c1O. The molecule has 2 atom stereocenters. The number of unbranched alkanes of at least 4 members (excludes halogenated alkanes) is 6. The molecule has 2 aromatic rings. The highest BCUT2D eigenvalue weighted by atomic mass is 16.3. The minimum Gasteiger partial charge on any atom is -0.507 e. The van der Waals surface area contributed by atoms with Crippen LogP contribution >= 0.6 is 0 Å². The Balaban J connectivity index is 1.86. The topological polar surface area (TPSA) is 157 Å². The average Bonchev–Trinajstić information content (AvgIpc) is 3.08. The number of rotatable bonds is 21. The van der Waals surface area contributed by atoms with Crippen molar-refractivity contribution in [2.75, 3.05) is 0 Å². The molecule has 2 unspecified atom stereocenters. The van der Waals surface area contributed by atoms with Crippen molar-refractivity contribution in [2.45, 2.75) is 130 Å². The van der Waals surface area contributed by atoms with E-state index in [0.29, 0.717) is 56.1 Å². The predicted molar refractivity (Wildman–Crippen MR) is 189 cm³/mol. The van der Waals surface area contributed by atoms with Crippen molar-refractivity contribution in [3.05, 3.63) is 58.7 Å². The smallest absolute Gasteiger partial charge is 0.273 e. The van der Waals surface area contributed by atoms with E-state index in [1.807, 2.05) is 26.0 Å². The molecular weight excluding hydrogens is 608 g/mol. The van der Waals surface area contributed by atoms with Crippen LogP contribution in [0, 0.1) is 11.8 Å². The van der Waals surface area contributed by atoms with Gasteiger partial charge in [-0.1, -0.05) is 103 Å². The normalized spacial score (nSPS) is 12.2. The minimum atomic E-state index is -0.583. The van der Waals surface area contributed by atoms with Gasteiger partial charge in [-0.2, -0.15) is 0 Å². The van der Waals surface area contributed by atoms with Gasteiger partial charge in [0.15, 0.2) is 0 Å². The number of aryl methyl sites for hydroxylation is 2. The van der Waals surface area contributed by atoms with Gasteiger partial charge in [0.25, 0.3) is 11.8 Å². The number of phenolic OH excluding ortho intramolecular Hbond substituents is 2. The first-order valence-electron chi connectivity index (χ1n) is 18.0. The van der Waals surface area contributed by atoms with E-state index in [1.165, 1.54) is 12.1 Å². The van der Waals surface area contributed by atoms with E-state index in [1.54, 1.807) is 12.1 Å². The lowest BCUT2D eigenvalue weighted by Gasteiger charge is -2.19. The van der Waals surface area contributed by atoms with E-state index in [0.717, 1.165) is 57.8 Å². The number of carbonyl (C=O) groups is 4. The van der Waals surface area contributed by atoms with E-state index in [4.69, 9.17) is 0 Å². The van der Waals surface area contributed by atoms with Gasteiger partial charge >= 0.3 is 0 Å². The molecule has 10 nitrogen and oxygen atoms in total. The average molecular weight is 667 g/mol. The molecule has 0 aliphatic carbocycles. The number of amides is 4. The summed E-state index contributed by atoms with van der Waals surface area (Å²) in [4.78, 5) is 51.5. The van der Waals surface area contributed by atoms with Crippen molar-refractivity contribution in [3.8, 4) is 11.5 Å². The van der Waals surface area contributed by atoms with Gasteiger partial charge in [0.05, 0.1) is 11.1 Å². The molecule has 10 heteroatoms. The monoisotopic (exact) mass is 666 g/mol. The summed E-state index contributed by atoms with van der Waals surface area (Å²) >= 11 is 0. The lowest BCUT2D eigenvalue weighted by atomic mass is 9.92. The molecule has 0 saturated carbocycles. The van der Waals surface area contributed by atoms with Crippen LogP contribution in [0.15, 0.2) is 36.4 Å². The van der Waals surface area contributed by atoms with Crippen LogP contribution in [0.4, 0.5) is 0 Å². The molecule has 0 bridgehead atoms. The Hall–Kier alpha value is -4.08. The molecule has 2 aromatic carbocycles. The fourth-order valence-corrected chi connectivity index (χ4v) is 5.90. The third-order valence-corrected chi connectivity index (χ3v) is 8.90. The van der Waals surface area contributed by atoms with Crippen molar-refractivity contribution in [3.63, 3.8) is 0 Å². The Morgan fingerprint density at radius 1 is 0.542 bits per heavy atom. The largest absolute Gasteiger partial charge is 0.507 e. The van der Waals surface area contributed by atoms with E-state index in [2.05, 4.69) is 35.6 Å². The molecule has 2 rings (SSSR count). The number of hydrogen-bond donors (Lipinski definition) is 6. The van der Waals surface area contributed by atoms with Crippen LogP contribution in [0.3, 0.4) is 0 Å². The van der Waals surface area contributed by atoms with Crippen LogP contribution in [0.2, 0.25) is 0 Å². The molecule has 0 aliphatic heterocycles. The van der Waals surface area contributed by atoms with Gasteiger partial charge in [0.1, 0.15) is 11.5 Å². The van der Waals surface area contributed by atoms with Crippen LogP contribution in [-0.2, 0) is 22.4 Å². The third kappa shape index (κ3) is 13.2. The van der Waals surface area contributed by atoms with E-state index in [-0.39, 0.29) is 46.3 Å². The summed E-state index contributed by atoms with van der Waals surface area (Å²) in [5, 5.41) is 21.3. The van der Waals surface area contributed by atoms with Crippen LogP contribution < -0.4 is 21.7 Å². The van der Waals surface area contributed by atoms with Crippen LogP contribution in [0.25, 0.3) is 0 Å². The summed E-state index contributed by atoms with van der Waals surface area (Å²) in [5.41, 5.74) is 11.6. The molecule has 0 aliphatic rings. The van der Waals surface area contributed by atoms with Crippen molar-refractivity contribution in [1.29, 1.82) is 0 Å². The number of benzene rings is 2. The van der Waals surface area contributed by atoms with Crippen molar-refractivity contribution >= 4 is 23.6 Å². The number of hydrazine groups is 2. The molecular formula is C38H58N4O6. The maximum atomic E-state index is 13.0. The number of aromatic hydroxyl groups is 2. The number of para-hydroxylation sites is 2. The third-order valence-electron chi connectivity index (χ3n) is 8.90. The fourth-order valence-electron chi connectivity index (χ4n) is 5.90. The van der Waals surface area contributed by atoms with Gasteiger partial charge in [0, 0.05) is 11.8 Å². The standard InChI is InChI=1S/C38H58N4O6/c1-5-9-11-13-19-28-22-16-25-31(33(28)43)37(47)41-39-35(45)27(8-4)21-15-24-30(18-7-3)36(46)40-42-38(48)32-26-17-23-29(34(32)44)20-14-12-10-6-2/h16-17,22-23,25-27,30,43-44H,5-15,18-21,24H2,1-4H3,(H,39,45)(H,40,46)(H,41,47)(H,42,48). The van der Waals surface area contributed by atoms with Crippen LogP contribution in [-0.4, -0.2) is 33.8 Å². The number of carbonyl (C=O) groups excluding carboxylic acids is 4. The molecule has 0 spiro atoms. The zero-order chi connectivity index (χ0) is 35.3. The van der Waals surface area contributed by atoms with Gasteiger partial charge in [-0.15, -0.1) is 0 Å². The minimum absolute atomic E-state index is 0.0611. The van der Waals surface area contributed by atoms with E-state index >= 15 is 0 Å². The second-order valence-electron chi connectivity index (χ2n) is 12.7. The molecule has 4 amide bonds. The maximum Gasteiger partial charge on any atom is 0.273 e. The van der Waals surface area contributed by atoms with Gasteiger partial charge in [-0.25, -0.2) is 0 Å². The second-order valence-corrected chi connectivity index (χ2v) is 12.7. The predicted octanol–water partition coefficient (Wildman–Crippen LogP) is 7.18. The first-order chi connectivity index (χ1) is 23.2. The molecule has 48 heavy (non-hydrogen) atoms. The summed E-state index contributed by atoms with van der Waals surface area (Å²) in [6.45, 7) is 8.14. The van der Waals surface area contributed by atoms with Gasteiger partial charge < -0.3 is 10.2 Å². The Morgan fingerprint density at radius 2 is 1.00 bits per heavy atom. The van der Waals surface area contributed by atoms with Gasteiger partial charge in [0.2, 0.25) is 11.8 Å². The van der Waals surface area contributed by atoms with Gasteiger partial charge in [-0.05, 0) is 74.6 Å². The molecule has 0 aromatic heterocycles. The fraction of sp³-hybridized carbons (Fsp3) is 0.579. The van der Waals surface area contributed by atoms with Crippen molar-refractivity contribution in [2.24, 2.45) is 11.8 Å². The van der Waals surface area contributed by atoms with Crippen molar-refractivity contribution in [1.82, 2.24) is 21.7 Å². The van der Waals surface area contributed by atoms with E-state index < -0.39 is 11.8 Å². The molecule has 266 valence electrons. The quantitative estimate of drug-likeness (QED) is 0.0612. The maximum absolute atomic E-state index is 13.0. The zero-order valence-corrected chi connectivity index (χ0v) is 29.5. The van der Waals surface area contributed by atoms with Crippen LogP contribution in [0.1, 0.15) is 149 Å². The first kappa shape index (κ1) is 40.1. The molecule has 0 heterocycles. The Labute approximate surface area is 286 Å². The highest BCUT2D eigenvalue weighted by Crippen LogP contribution is 2.26. The molecule has 0 fully saturated rings. The summed E-state index contributed by atoms with van der Waals surface area (Å²) in [6.07, 6.45) is 13.3. The highest BCUT2D eigenvalue weighted by Gasteiger charge is 2.23. The molecule has 0 saturated heterocycles. The van der Waals surface area contributed by atoms with Crippen molar-refractivity contribution < 1.29 is 29.4 Å². The Morgan fingerprint density at radius 3 is 1.44 bits per heavy atom. The molecule has 6 N–H and O–H groups in total. The Kier molecular flexibility index (Phi) is 18.8. The lowest BCUT2D eigenvalue weighted by molar-refractivity contribution is -0.126. The first-order valence-corrected chi connectivity index (χ1v) is 18.0. The lowest BCUT2D eigenvalue weighted by Crippen LogP contribution is -2.45. The molecule has 0 radical (unpaired) electrons. The van der Waals surface area contributed by atoms with Crippen LogP contribution in [0.5, 0.6) is 11.5 Å². The van der Waals surface area contributed by atoms with Gasteiger partial charge in [-0.3, -0.25) is 40.9 Å². The summed E-state index contributed by atoms with van der Waals surface area (Å²) in [7, 11) is 0. The summed E-state index contributed by atoms with van der Waals surface area (Å²) < 4.78 is 0. The zero-order valence-electron chi connectivity index (χ0n) is 29.5. The van der Waals surface area contributed by atoms with E-state index in [9.17, 15) is 29.4 Å².